The van der Waals surface area contributed by atoms with E-state index in [1.54, 1.807) is 12.1 Å². The summed E-state index contributed by atoms with van der Waals surface area (Å²) in [5, 5.41) is 10.1. The van der Waals surface area contributed by atoms with Crippen molar-refractivity contribution in [1.29, 1.82) is 0 Å². The van der Waals surface area contributed by atoms with E-state index >= 15 is 0 Å². The molecule has 1 aliphatic heterocycles. The largest absolute Gasteiger partial charge is 0.497 e. The zero-order valence-electron chi connectivity index (χ0n) is 9.86. The summed E-state index contributed by atoms with van der Waals surface area (Å²) in [6.45, 7) is 1.22. The fourth-order valence-electron chi connectivity index (χ4n) is 2.14. The van der Waals surface area contributed by atoms with Crippen LogP contribution in [0.1, 0.15) is 24.5 Å². The zero-order valence-corrected chi connectivity index (χ0v) is 9.86. The van der Waals surface area contributed by atoms with Gasteiger partial charge >= 0.3 is 0 Å². The Labute approximate surface area is 100 Å². The maximum Gasteiger partial charge on any atom is 0.132 e. The number of aliphatic hydroxyl groups is 1. The van der Waals surface area contributed by atoms with Crippen LogP contribution in [0.25, 0.3) is 0 Å². The number of benzene rings is 1. The Balaban J connectivity index is 2.15. The number of ether oxygens (including phenoxy) is 2. The van der Waals surface area contributed by atoms with Gasteiger partial charge in [0.2, 0.25) is 0 Å². The number of halogens is 1. The van der Waals surface area contributed by atoms with E-state index in [9.17, 15) is 9.50 Å². The van der Waals surface area contributed by atoms with Gasteiger partial charge in [0.05, 0.1) is 19.8 Å². The second-order valence-electron chi connectivity index (χ2n) is 4.31. The summed E-state index contributed by atoms with van der Waals surface area (Å²) in [5.41, 5.74) is 0.321. The average molecular weight is 240 g/mol. The van der Waals surface area contributed by atoms with Gasteiger partial charge in [-0.1, -0.05) is 0 Å². The van der Waals surface area contributed by atoms with Gasteiger partial charge in [0.15, 0.2) is 0 Å². The third-order valence-corrected chi connectivity index (χ3v) is 3.17. The zero-order chi connectivity index (χ0) is 12.3. The summed E-state index contributed by atoms with van der Waals surface area (Å²) in [4.78, 5) is 0. The monoisotopic (exact) mass is 240 g/mol. The Morgan fingerprint density at radius 3 is 2.94 bits per heavy atom. The first-order valence-corrected chi connectivity index (χ1v) is 5.81. The Morgan fingerprint density at radius 2 is 2.35 bits per heavy atom. The Kier molecular flexibility index (Phi) is 3.97. The van der Waals surface area contributed by atoms with Crippen LogP contribution in [0.3, 0.4) is 0 Å². The molecule has 1 aliphatic rings. The lowest BCUT2D eigenvalue weighted by Gasteiger charge is -2.27. The normalized spacial score (nSPS) is 22.2. The third kappa shape index (κ3) is 2.76. The van der Waals surface area contributed by atoms with E-state index in [2.05, 4.69) is 0 Å². The van der Waals surface area contributed by atoms with Gasteiger partial charge in [-0.15, -0.1) is 0 Å². The van der Waals surface area contributed by atoms with Crippen LogP contribution in [-0.2, 0) is 4.74 Å². The van der Waals surface area contributed by atoms with Crippen LogP contribution >= 0.6 is 0 Å². The van der Waals surface area contributed by atoms with Crippen LogP contribution in [0, 0.1) is 11.7 Å². The molecular formula is C13H17FO3. The van der Waals surface area contributed by atoms with Gasteiger partial charge in [0, 0.05) is 24.2 Å². The summed E-state index contributed by atoms with van der Waals surface area (Å²) in [6.07, 6.45) is 0.979. The highest BCUT2D eigenvalue weighted by Crippen LogP contribution is 2.31. The number of rotatable bonds is 3. The SMILES string of the molecule is COc1ccc(C(O)C2CCCOC2)c(F)c1. The van der Waals surface area contributed by atoms with Gasteiger partial charge in [-0.25, -0.2) is 4.39 Å². The topological polar surface area (TPSA) is 38.7 Å². The molecule has 94 valence electrons. The number of hydrogen-bond acceptors (Lipinski definition) is 3. The Morgan fingerprint density at radius 1 is 1.53 bits per heavy atom. The second kappa shape index (κ2) is 5.47. The molecule has 0 aromatic heterocycles. The molecule has 1 N–H and O–H groups in total. The summed E-state index contributed by atoms with van der Waals surface area (Å²) in [5.74, 6) is 0.00686. The molecular weight excluding hydrogens is 223 g/mol. The van der Waals surface area contributed by atoms with E-state index in [1.165, 1.54) is 13.2 Å². The fourth-order valence-corrected chi connectivity index (χ4v) is 2.14. The minimum atomic E-state index is -0.804. The van der Waals surface area contributed by atoms with E-state index in [1.807, 2.05) is 0 Å². The summed E-state index contributed by atoms with van der Waals surface area (Å²) < 4.78 is 24.0. The van der Waals surface area contributed by atoms with Crippen molar-refractivity contribution in [3.8, 4) is 5.75 Å². The van der Waals surface area contributed by atoms with Crippen molar-refractivity contribution < 1.29 is 19.0 Å². The molecule has 17 heavy (non-hydrogen) atoms. The van der Waals surface area contributed by atoms with Crippen molar-refractivity contribution in [2.45, 2.75) is 18.9 Å². The van der Waals surface area contributed by atoms with Gasteiger partial charge < -0.3 is 14.6 Å². The van der Waals surface area contributed by atoms with Crippen molar-refractivity contribution in [2.24, 2.45) is 5.92 Å². The second-order valence-corrected chi connectivity index (χ2v) is 4.31. The molecule has 1 saturated heterocycles. The molecule has 1 heterocycles. The standard InChI is InChI=1S/C13H17FO3/c1-16-10-4-5-11(12(14)7-10)13(15)9-3-2-6-17-8-9/h4-5,7,9,13,15H,2-3,6,8H2,1H3. The van der Waals surface area contributed by atoms with Crippen molar-refractivity contribution in [2.75, 3.05) is 20.3 Å². The third-order valence-electron chi connectivity index (χ3n) is 3.17. The summed E-state index contributed by atoms with van der Waals surface area (Å²) in [7, 11) is 1.49. The van der Waals surface area contributed by atoms with E-state index in [0.29, 0.717) is 17.9 Å². The lowest BCUT2D eigenvalue weighted by Crippen LogP contribution is -2.24. The fraction of sp³-hybridized carbons (Fsp3) is 0.538. The predicted molar refractivity (Wildman–Crippen MR) is 61.5 cm³/mol. The molecule has 1 fully saturated rings. The molecule has 2 rings (SSSR count). The molecule has 0 spiro atoms. The molecule has 0 aliphatic carbocycles. The average Bonchev–Trinajstić information content (AvgIpc) is 2.39. The van der Waals surface area contributed by atoms with Gasteiger partial charge in [-0.05, 0) is 25.0 Å². The molecule has 1 aromatic carbocycles. The van der Waals surface area contributed by atoms with Crippen LogP contribution < -0.4 is 4.74 Å². The van der Waals surface area contributed by atoms with Crippen molar-refractivity contribution in [3.63, 3.8) is 0 Å². The van der Waals surface area contributed by atoms with Crippen molar-refractivity contribution in [3.05, 3.63) is 29.6 Å². The van der Waals surface area contributed by atoms with Crippen molar-refractivity contribution >= 4 is 0 Å². The lowest BCUT2D eigenvalue weighted by atomic mass is 9.91. The molecule has 3 nitrogen and oxygen atoms in total. The minimum absolute atomic E-state index is 0.0216. The van der Waals surface area contributed by atoms with Crippen LogP contribution in [0.4, 0.5) is 4.39 Å². The van der Waals surface area contributed by atoms with E-state index in [-0.39, 0.29) is 5.92 Å². The molecule has 0 amide bonds. The summed E-state index contributed by atoms with van der Waals surface area (Å²) in [6, 6.07) is 4.53. The van der Waals surface area contributed by atoms with Crippen LogP contribution in [0.15, 0.2) is 18.2 Å². The van der Waals surface area contributed by atoms with Crippen LogP contribution in [-0.4, -0.2) is 25.4 Å². The minimum Gasteiger partial charge on any atom is -0.497 e. The highest BCUT2D eigenvalue weighted by molar-refractivity contribution is 5.30. The highest BCUT2D eigenvalue weighted by atomic mass is 19.1. The van der Waals surface area contributed by atoms with Gasteiger partial charge in [0.1, 0.15) is 11.6 Å². The van der Waals surface area contributed by atoms with E-state index < -0.39 is 11.9 Å². The maximum absolute atomic E-state index is 13.8. The van der Waals surface area contributed by atoms with Crippen LogP contribution in [0.5, 0.6) is 5.75 Å². The Hall–Kier alpha value is -1.13. The first kappa shape index (κ1) is 12.3. The number of aliphatic hydroxyl groups excluding tert-OH is 1. The molecule has 4 heteroatoms. The molecule has 0 saturated carbocycles. The molecule has 2 atom stereocenters. The smallest absolute Gasteiger partial charge is 0.132 e. The first-order valence-electron chi connectivity index (χ1n) is 5.81. The first-order chi connectivity index (χ1) is 8.22. The summed E-state index contributed by atoms with van der Waals surface area (Å²) >= 11 is 0. The Bertz CT molecular complexity index is 375. The van der Waals surface area contributed by atoms with E-state index in [0.717, 1.165) is 19.4 Å². The molecule has 0 bridgehead atoms. The van der Waals surface area contributed by atoms with Gasteiger partial charge in [-0.3, -0.25) is 0 Å². The molecule has 1 aromatic rings. The maximum atomic E-state index is 13.8. The van der Waals surface area contributed by atoms with Gasteiger partial charge in [-0.2, -0.15) is 0 Å². The van der Waals surface area contributed by atoms with Crippen molar-refractivity contribution in [1.82, 2.24) is 0 Å². The number of hydrogen-bond donors (Lipinski definition) is 1. The molecule has 0 radical (unpaired) electrons. The highest BCUT2D eigenvalue weighted by Gasteiger charge is 2.25. The quantitative estimate of drug-likeness (QED) is 0.881. The predicted octanol–water partition coefficient (Wildman–Crippen LogP) is 2.29. The van der Waals surface area contributed by atoms with E-state index in [4.69, 9.17) is 9.47 Å². The molecule has 2 unspecified atom stereocenters. The van der Waals surface area contributed by atoms with Gasteiger partial charge in [0.25, 0.3) is 0 Å². The lowest BCUT2D eigenvalue weighted by molar-refractivity contribution is -0.0112. The number of methoxy groups -OCH3 is 1. The van der Waals surface area contributed by atoms with Crippen LogP contribution in [0.2, 0.25) is 0 Å².